The van der Waals surface area contributed by atoms with Crippen molar-refractivity contribution in [1.82, 2.24) is 5.32 Å². The molecule has 166 valence electrons. The highest BCUT2D eigenvalue weighted by atomic mass is 16.2. The smallest absolute Gasteiger partial charge is 0.233 e. The summed E-state index contributed by atoms with van der Waals surface area (Å²) >= 11 is 0. The summed E-state index contributed by atoms with van der Waals surface area (Å²) in [6.07, 6.45) is 12.0. The van der Waals surface area contributed by atoms with Crippen molar-refractivity contribution in [2.24, 2.45) is 22.4 Å². The molecule has 1 unspecified atom stereocenters. The molecule has 1 saturated heterocycles. The van der Waals surface area contributed by atoms with Crippen molar-refractivity contribution in [2.75, 3.05) is 24.5 Å². The van der Waals surface area contributed by atoms with Crippen molar-refractivity contribution < 1.29 is 4.79 Å². The van der Waals surface area contributed by atoms with E-state index in [1.807, 2.05) is 18.2 Å². The number of para-hydroxylation sites is 1. The van der Waals surface area contributed by atoms with Crippen LogP contribution in [0.2, 0.25) is 0 Å². The van der Waals surface area contributed by atoms with Crippen LogP contribution in [0.5, 0.6) is 0 Å². The number of nitrogens with zero attached hydrogens (tertiary/aromatic N) is 2. The van der Waals surface area contributed by atoms with Gasteiger partial charge in [0.05, 0.1) is 11.7 Å². The Labute approximate surface area is 181 Å². The number of fused-ring (bicyclic) bond motifs is 1. The van der Waals surface area contributed by atoms with Crippen molar-refractivity contribution in [3.63, 3.8) is 0 Å². The second kappa shape index (κ2) is 12.1. The fourth-order valence-electron chi connectivity index (χ4n) is 4.71. The lowest BCUT2D eigenvalue weighted by Gasteiger charge is -2.36. The van der Waals surface area contributed by atoms with E-state index in [0.29, 0.717) is 18.3 Å². The zero-order chi connectivity index (χ0) is 21.2. The number of nitrogens with one attached hydrogen (secondary N) is 1. The number of piperidine rings is 1. The standard InChI is InChI=1S/C24H39N5O/c25-16-10-6-4-2-1-3-5-7-13-22(30)29-21-12-9-8-11-20(21)23(28-24(29)26)19-14-17-27-18-15-19/h8-9,11-12,19,23,27H,1-7,10,13-18,25H2,(H2,26,28). The minimum absolute atomic E-state index is 0.0617. The lowest BCUT2D eigenvalue weighted by Crippen LogP contribution is -2.46. The molecule has 1 aromatic rings. The third-order valence-electron chi connectivity index (χ3n) is 6.42. The van der Waals surface area contributed by atoms with E-state index >= 15 is 0 Å². The Morgan fingerprint density at radius 3 is 2.33 bits per heavy atom. The number of amides is 1. The van der Waals surface area contributed by atoms with Gasteiger partial charge in [0.25, 0.3) is 0 Å². The number of carbonyl (C=O) groups excluding carboxylic acids is 1. The molecule has 3 rings (SSSR count). The predicted octanol–water partition coefficient (Wildman–Crippen LogP) is 3.86. The molecule has 2 aliphatic rings. The first-order chi connectivity index (χ1) is 14.7. The monoisotopic (exact) mass is 413 g/mol. The van der Waals surface area contributed by atoms with E-state index < -0.39 is 0 Å². The molecule has 0 aliphatic carbocycles. The second-order valence-electron chi connectivity index (χ2n) is 8.67. The quantitative estimate of drug-likeness (QED) is 0.480. The highest BCUT2D eigenvalue weighted by Crippen LogP contribution is 2.40. The van der Waals surface area contributed by atoms with Crippen LogP contribution in [0.4, 0.5) is 5.69 Å². The first-order valence-electron chi connectivity index (χ1n) is 11.9. The molecule has 6 heteroatoms. The normalized spacial score (nSPS) is 19.4. The Bertz CT molecular complexity index is 699. The summed E-state index contributed by atoms with van der Waals surface area (Å²) in [6, 6.07) is 8.22. The van der Waals surface area contributed by atoms with Crippen molar-refractivity contribution in [3.05, 3.63) is 29.8 Å². The van der Waals surface area contributed by atoms with E-state index in [1.54, 1.807) is 4.90 Å². The summed E-state index contributed by atoms with van der Waals surface area (Å²) in [5.74, 6) is 0.908. The summed E-state index contributed by atoms with van der Waals surface area (Å²) in [7, 11) is 0. The SMILES string of the molecule is NCCCCCCCCCCC(=O)N1C(N)=NC(C2CCNCC2)c2ccccc21. The van der Waals surface area contributed by atoms with Gasteiger partial charge in [0, 0.05) is 12.0 Å². The van der Waals surface area contributed by atoms with Crippen LogP contribution in [-0.2, 0) is 4.79 Å². The van der Waals surface area contributed by atoms with E-state index in [0.717, 1.165) is 63.0 Å². The molecular formula is C24H39N5O. The van der Waals surface area contributed by atoms with Crippen LogP contribution >= 0.6 is 0 Å². The lowest BCUT2D eigenvalue weighted by molar-refractivity contribution is -0.117. The van der Waals surface area contributed by atoms with Gasteiger partial charge in [-0.15, -0.1) is 0 Å². The van der Waals surface area contributed by atoms with Crippen LogP contribution in [0.3, 0.4) is 0 Å². The van der Waals surface area contributed by atoms with Gasteiger partial charge in [0.2, 0.25) is 11.9 Å². The zero-order valence-electron chi connectivity index (χ0n) is 18.3. The Kier molecular flexibility index (Phi) is 9.15. The zero-order valence-corrected chi connectivity index (χ0v) is 18.3. The largest absolute Gasteiger partial charge is 0.369 e. The number of anilines is 1. The topological polar surface area (TPSA) is 96.7 Å². The van der Waals surface area contributed by atoms with E-state index in [2.05, 4.69) is 11.4 Å². The molecular weight excluding hydrogens is 374 g/mol. The van der Waals surface area contributed by atoms with E-state index in [4.69, 9.17) is 16.5 Å². The number of carbonyl (C=O) groups is 1. The van der Waals surface area contributed by atoms with Gasteiger partial charge in [-0.05, 0) is 57.3 Å². The Hall–Kier alpha value is -1.92. The number of guanidine groups is 1. The van der Waals surface area contributed by atoms with Gasteiger partial charge in [-0.1, -0.05) is 56.7 Å². The van der Waals surface area contributed by atoms with Gasteiger partial charge >= 0.3 is 0 Å². The van der Waals surface area contributed by atoms with Crippen molar-refractivity contribution >= 4 is 17.6 Å². The molecule has 0 saturated carbocycles. The summed E-state index contributed by atoms with van der Waals surface area (Å²) in [4.78, 5) is 19.5. The number of benzene rings is 1. The fraction of sp³-hybridized carbons (Fsp3) is 0.667. The average molecular weight is 414 g/mol. The van der Waals surface area contributed by atoms with E-state index in [-0.39, 0.29) is 11.9 Å². The predicted molar refractivity (Wildman–Crippen MR) is 124 cm³/mol. The number of hydrogen-bond donors (Lipinski definition) is 3. The average Bonchev–Trinajstić information content (AvgIpc) is 2.78. The minimum atomic E-state index is 0.0617. The van der Waals surface area contributed by atoms with Crippen LogP contribution in [0.25, 0.3) is 0 Å². The number of hydrogen-bond acceptors (Lipinski definition) is 5. The minimum Gasteiger partial charge on any atom is -0.369 e. The fourth-order valence-corrected chi connectivity index (χ4v) is 4.71. The molecule has 1 aromatic carbocycles. The third kappa shape index (κ3) is 6.05. The number of nitrogens with two attached hydrogens (primary N) is 2. The van der Waals surface area contributed by atoms with Gasteiger partial charge in [-0.3, -0.25) is 9.69 Å². The summed E-state index contributed by atoms with van der Waals surface area (Å²) < 4.78 is 0. The maximum absolute atomic E-state index is 13.0. The Morgan fingerprint density at radius 1 is 1.00 bits per heavy atom. The molecule has 2 heterocycles. The maximum atomic E-state index is 13.0. The number of aliphatic imine (C=N–C) groups is 1. The van der Waals surface area contributed by atoms with Crippen LogP contribution in [0.15, 0.2) is 29.3 Å². The van der Waals surface area contributed by atoms with Gasteiger partial charge in [-0.25, -0.2) is 4.99 Å². The number of rotatable bonds is 11. The summed E-state index contributed by atoms with van der Waals surface area (Å²) in [5.41, 5.74) is 13.9. The molecule has 5 N–H and O–H groups in total. The van der Waals surface area contributed by atoms with Gasteiger partial charge in [0.15, 0.2) is 0 Å². The second-order valence-corrected chi connectivity index (χ2v) is 8.67. The first-order valence-corrected chi connectivity index (χ1v) is 11.9. The first kappa shape index (κ1) is 22.8. The van der Waals surface area contributed by atoms with Crippen LogP contribution in [-0.4, -0.2) is 31.5 Å². The van der Waals surface area contributed by atoms with Crippen molar-refractivity contribution in [2.45, 2.75) is 76.7 Å². The van der Waals surface area contributed by atoms with Crippen molar-refractivity contribution in [3.8, 4) is 0 Å². The molecule has 0 spiro atoms. The third-order valence-corrected chi connectivity index (χ3v) is 6.42. The Balaban J connectivity index is 1.52. The van der Waals surface area contributed by atoms with E-state index in [1.165, 1.54) is 32.1 Å². The van der Waals surface area contributed by atoms with E-state index in [9.17, 15) is 4.79 Å². The molecule has 6 nitrogen and oxygen atoms in total. The van der Waals surface area contributed by atoms with Crippen LogP contribution in [0, 0.1) is 5.92 Å². The molecule has 1 atom stereocenters. The highest BCUT2D eigenvalue weighted by molar-refractivity contribution is 6.17. The molecule has 0 aromatic heterocycles. The van der Waals surface area contributed by atoms with Gasteiger partial charge < -0.3 is 16.8 Å². The summed E-state index contributed by atoms with van der Waals surface area (Å²) in [5, 5.41) is 3.42. The van der Waals surface area contributed by atoms with Crippen LogP contribution in [0.1, 0.15) is 82.2 Å². The molecule has 0 radical (unpaired) electrons. The van der Waals surface area contributed by atoms with Gasteiger partial charge in [-0.2, -0.15) is 0 Å². The van der Waals surface area contributed by atoms with Crippen LogP contribution < -0.4 is 21.7 Å². The maximum Gasteiger partial charge on any atom is 0.233 e. The summed E-state index contributed by atoms with van der Waals surface area (Å²) in [6.45, 7) is 2.84. The molecule has 1 amide bonds. The molecule has 2 aliphatic heterocycles. The van der Waals surface area contributed by atoms with Gasteiger partial charge in [0.1, 0.15) is 0 Å². The Morgan fingerprint density at radius 2 is 1.63 bits per heavy atom. The molecule has 0 bridgehead atoms. The lowest BCUT2D eigenvalue weighted by atomic mass is 9.84. The highest BCUT2D eigenvalue weighted by Gasteiger charge is 2.34. The molecule has 30 heavy (non-hydrogen) atoms. The number of unbranched alkanes of at least 4 members (excludes halogenated alkanes) is 7. The molecule has 1 fully saturated rings. The van der Waals surface area contributed by atoms with Crippen molar-refractivity contribution in [1.29, 1.82) is 0 Å².